The summed E-state index contributed by atoms with van der Waals surface area (Å²) in [5.74, 6) is -0.380. The number of carbonyl (C=O) groups excluding carboxylic acids is 1. The van der Waals surface area contributed by atoms with Gasteiger partial charge in [0, 0.05) is 0 Å². The molecule has 0 saturated carbocycles. The summed E-state index contributed by atoms with van der Waals surface area (Å²) in [5.41, 5.74) is -0.435. The Bertz CT molecular complexity index is 128. The van der Waals surface area contributed by atoms with Crippen molar-refractivity contribution in [2.24, 2.45) is 0 Å². The zero-order valence-corrected chi connectivity index (χ0v) is 9.06. The molecule has 0 fully saturated rings. The van der Waals surface area contributed by atoms with Gasteiger partial charge in [-0.3, -0.25) is 0 Å². The predicted molar refractivity (Wildman–Crippen MR) is 49.5 cm³/mol. The molecule has 0 bridgehead atoms. The van der Waals surface area contributed by atoms with Crippen LogP contribution in [0.25, 0.3) is 0 Å². The Labute approximate surface area is 79.4 Å². The van der Waals surface area contributed by atoms with E-state index in [0.29, 0.717) is 0 Å². The van der Waals surface area contributed by atoms with E-state index in [0.717, 1.165) is 0 Å². The summed E-state index contributed by atoms with van der Waals surface area (Å²) in [6.07, 6.45) is 0. The minimum absolute atomic E-state index is 0.380. The fraction of sp³-hybridized carbons (Fsp3) is 0.833. The van der Waals surface area contributed by atoms with Gasteiger partial charge in [-0.15, -0.1) is 0 Å². The lowest BCUT2D eigenvalue weighted by molar-refractivity contribution is -0.151. The lowest BCUT2D eigenvalue weighted by Gasteiger charge is -2.19. The number of esters is 1. The van der Waals surface area contributed by atoms with Crippen LogP contribution in [0.4, 0.5) is 0 Å². The van der Waals surface area contributed by atoms with Crippen LogP contribution < -0.4 is 0 Å². The van der Waals surface area contributed by atoms with Crippen LogP contribution in [-0.2, 0) is 9.53 Å². The summed E-state index contributed by atoms with van der Waals surface area (Å²) in [6.45, 7) is 5.42. The molecular formula is C6H10ClIO2. The van der Waals surface area contributed by atoms with Crippen LogP contribution in [0.2, 0.25) is 0 Å². The zero-order chi connectivity index (χ0) is 8.36. The highest BCUT2D eigenvalue weighted by atomic mass is 127. The molecule has 0 aromatic rings. The van der Waals surface area contributed by atoms with E-state index in [9.17, 15) is 4.79 Å². The van der Waals surface area contributed by atoms with E-state index in [1.54, 1.807) is 43.4 Å². The van der Waals surface area contributed by atoms with Crippen LogP contribution in [0.5, 0.6) is 0 Å². The third-order valence-electron chi connectivity index (χ3n) is 0.585. The average Bonchev–Trinajstić information content (AvgIpc) is 1.60. The first-order valence-corrected chi connectivity index (χ1v) is 4.52. The van der Waals surface area contributed by atoms with E-state index in [-0.39, 0.29) is 5.97 Å². The zero-order valence-electron chi connectivity index (χ0n) is 6.15. The molecule has 0 heterocycles. The van der Waals surface area contributed by atoms with Crippen molar-refractivity contribution in [3.8, 4) is 0 Å². The number of rotatable bonds is 1. The van der Waals surface area contributed by atoms with Gasteiger partial charge in [0.05, 0.1) is 0 Å². The molecular weight excluding hydrogens is 266 g/mol. The van der Waals surface area contributed by atoms with Gasteiger partial charge >= 0.3 is 5.97 Å². The molecule has 0 N–H and O–H groups in total. The smallest absolute Gasteiger partial charge is 0.334 e. The Kier molecular flexibility index (Phi) is 3.94. The van der Waals surface area contributed by atoms with Crippen LogP contribution in [-0.4, -0.2) is 15.0 Å². The van der Waals surface area contributed by atoms with Gasteiger partial charge in [-0.25, -0.2) is 4.79 Å². The topological polar surface area (TPSA) is 26.3 Å². The third-order valence-corrected chi connectivity index (χ3v) is 1.27. The molecule has 0 aromatic heterocycles. The van der Waals surface area contributed by atoms with Crippen molar-refractivity contribution in [3.05, 3.63) is 0 Å². The maximum Gasteiger partial charge on any atom is 0.334 e. The molecule has 0 amide bonds. The van der Waals surface area contributed by atoms with E-state index in [1.165, 1.54) is 0 Å². The van der Waals surface area contributed by atoms with E-state index >= 15 is 0 Å². The monoisotopic (exact) mass is 276 g/mol. The van der Waals surface area contributed by atoms with Crippen LogP contribution in [0.3, 0.4) is 0 Å². The second-order valence-electron chi connectivity index (χ2n) is 2.83. The van der Waals surface area contributed by atoms with Gasteiger partial charge in [0.2, 0.25) is 0 Å². The highest BCUT2D eigenvalue weighted by molar-refractivity contribution is 14.1. The third kappa shape index (κ3) is 5.29. The maximum atomic E-state index is 10.8. The van der Waals surface area contributed by atoms with E-state index in [4.69, 9.17) is 16.3 Å². The molecule has 4 heteroatoms. The van der Waals surface area contributed by atoms with Crippen molar-refractivity contribution in [2.75, 3.05) is 0 Å². The first-order valence-electron chi connectivity index (χ1n) is 2.84. The van der Waals surface area contributed by atoms with Gasteiger partial charge < -0.3 is 4.74 Å². The van der Waals surface area contributed by atoms with Gasteiger partial charge in [-0.05, 0) is 20.8 Å². The van der Waals surface area contributed by atoms with Crippen molar-refractivity contribution < 1.29 is 9.53 Å². The molecule has 1 atom stereocenters. The predicted octanol–water partition coefficient (Wildman–Crippen LogP) is 2.33. The number of ether oxygens (including phenoxy) is 1. The Morgan fingerprint density at radius 3 is 2.10 bits per heavy atom. The summed E-state index contributed by atoms with van der Waals surface area (Å²) in [6, 6.07) is 0. The van der Waals surface area contributed by atoms with Crippen LogP contribution in [0, 0.1) is 0 Å². The quantitative estimate of drug-likeness (QED) is 0.417. The number of halogens is 2. The lowest BCUT2D eigenvalue weighted by atomic mass is 10.2. The van der Waals surface area contributed by atoms with E-state index < -0.39 is 8.98 Å². The number of hydrogen-bond acceptors (Lipinski definition) is 2. The first-order chi connectivity index (χ1) is 4.33. The Morgan fingerprint density at radius 2 is 2.00 bits per heavy atom. The largest absolute Gasteiger partial charge is 0.458 e. The van der Waals surface area contributed by atoms with Crippen LogP contribution in [0.15, 0.2) is 0 Å². The molecule has 1 unspecified atom stereocenters. The Hall–Kier alpha value is 0.490. The first kappa shape index (κ1) is 10.5. The lowest BCUT2D eigenvalue weighted by Crippen LogP contribution is -2.26. The molecule has 0 aliphatic carbocycles. The summed E-state index contributed by atoms with van der Waals surface area (Å²) in [5, 5.41) is 0. The summed E-state index contributed by atoms with van der Waals surface area (Å²) >= 11 is 7.25. The standard InChI is InChI=1S/C6H10ClIO2/c1-6(2,3)10-5(9)4(7)8/h4H,1-3H3. The molecule has 0 aromatic carbocycles. The molecule has 0 radical (unpaired) electrons. The van der Waals surface area contributed by atoms with Crippen molar-refractivity contribution in [2.45, 2.75) is 29.8 Å². The maximum absolute atomic E-state index is 10.8. The van der Waals surface area contributed by atoms with Gasteiger partial charge in [0.1, 0.15) is 5.60 Å². The molecule has 10 heavy (non-hydrogen) atoms. The second kappa shape index (κ2) is 3.76. The molecule has 60 valence electrons. The number of alkyl halides is 2. The summed E-state index contributed by atoms with van der Waals surface area (Å²) in [7, 11) is 0. The Morgan fingerprint density at radius 1 is 1.60 bits per heavy atom. The number of carbonyl (C=O) groups is 1. The van der Waals surface area contributed by atoms with E-state index in [2.05, 4.69) is 0 Å². The van der Waals surface area contributed by atoms with Crippen LogP contribution in [0.1, 0.15) is 20.8 Å². The van der Waals surface area contributed by atoms with Crippen molar-refractivity contribution in [1.82, 2.24) is 0 Å². The minimum Gasteiger partial charge on any atom is -0.458 e. The Balaban J connectivity index is 3.81. The second-order valence-corrected chi connectivity index (χ2v) is 5.25. The van der Waals surface area contributed by atoms with E-state index in [1.807, 2.05) is 0 Å². The minimum atomic E-state index is -0.586. The molecule has 0 aliphatic heterocycles. The van der Waals surface area contributed by atoms with Gasteiger partial charge in [-0.1, -0.05) is 34.2 Å². The molecule has 0 spiro atoms. The summed E-state index contributed by atoms with van der Waals surface area (Å²) < 4.78 is 4.33. The summed E-state index contributed by atoms with van der Waals surface area (Å²) in [4.78, 5) is 10.8. The van der Waals surface area contributed by atoms with Crippen molar-refractivity contribution >= 4 is 40.2 Å². The molecule has 0 rings (SSSR count). The SMILES string of the molecule is CC(C)(C)OC(=O)C(Cl)I. The van der Waals surface area contributed by atoms with Gasteiger partial charge in [0.15, 0.2) is 3.38 Å². The fourth-order valence-corrected chi connectivity index (χ4v) is 0.518. The van der Waals surface area contributed by atoms with Crippen molar-refractivity contribution in [3.63, 3.8) is 0 Å². The highest BCUT2D eigenvalue weighted by Crippen LogP contribution is 2.14. The molecule has 0 aliphatic rings. The van der Waals surface area contributed by atoms with Gasteiger partial charge in [-0.2, -0.15) is 0 Å². The molecule has 2 nitrogen and oxygen atoms in total. The van der Waals surface area contributed by atoms with Crippen LogP contribution >= 0.6 is 34.2 Å². The highest BCUT2D eigenvalue weighted by Gasteiger charge is 2.20. The molecule has 0 saturated heterocycles. The van der Waals surface area contributed by atoms with Gasteiger partial charge in [0.25, 0.3) is 0 Å². The van der Waals surface area contributed by atoms with Crippen molar-refractivity contribution in [1.29, 1.82) is 0 Å². The average molecular weight is 277 g/mol. The number of hydrogen-bond donors (Lipinski definition) is 0. The normalized spacial score (nSPS) is 14.5. The fourth-order valence-electron chi connectivity index (χ4n) is 0.346.